The first-order valence-electron chi connectivity index (χ1n) is 4.16. The van der Waals surface area contributed by atoms with Crippen molar-refractivity contribution in [2.24, 2.45) is 0 Å². The van der Waals surface area contributed by atoms with Gasteiger partial charge in [0.05, 0.1) is 0 Å². The minimum Gasteiger partial charge on any atom is -0.308 e. The molecule has 1 rings (SSSR count). The average Bonchev–Trinajstić information content (AvgIpc) is 2.31. The van der Waals surface area contributed by atoms with Gasteiger partial charge in [0, 0.05) is 11.1 Å². The summed E-state index contributed by atoms with van der Waals surface area (Å²) in [6.07, 6.45) is 2.88. The van der Waals surface area contributed by atoms with E-state index in [9.17, 15) is 0 Å². The summed E-state index contributed by atoms with van der Waals surface area (Å²) in [5, 5.41) is 23.5. The second-order valence-electron chi connectivity index (χ2n) is 2.61. The lowest BCUT2D eigenvalue weighted by Crippen LogP contribution is -1.99. The van der Waals surface area contributed by atoms with E-state index >= 15 is 0 Å². The lowest BCUT2D eigenvalue weighted by atomic mass is 10.1. The first kappa shape index (κ1) is 12.2. The molecule has 0 saturated carbocycles. The molecule has 0 aliphatic rings. The van der Waals surface area contributed by atoms with Crippen molar-refractivity contribution in [1.29, 1.82) is 0 Å². The molecular weight excluding hydrogens is 216 g/mol. The molecule has 16 heavy (non-hydrogen) atoms. The van der Waals surface area contributed by atoms with Crippen LogP contribution in [0.3, 0.4) is 0 Å². The van der Waals surface area contributed by atoms with Crippen molar-refractivity contribution in [3.8, 4) is 11.5 Å². The fourth-order valence-electron chi connectivity index (χ4n) is 1.24. The van der Waals surface area contributed by atoms with Crippen LogP contribution in [0.4, 0.5) is 0 Å². The average molecular weight is 226 g/mol. The van der Waals surface area contributed by atoms with Gasteiger partial charge in [-0.3, -0.25) is 0 Å². The second kappa shape index (κ2) is 5.89. The van der Waals surface area contributed by atoms with Gasteiger partial charge in [-0.1, -0.05) is 25.3 Å². The quantitative estimate of drug-likeness (QED) is 0.573. The fraction of sp³-hybridized carbons (Fsp3) is 0. The number of hydrogen-bond acceptors (Lipinski definition) is 6. The Bertz CT molecular complexity index is 350. The highest BCUT2D eigenvalue weighted by Gasteiger charge is 2.12. The summed E-state index contributed by atoms with van der Waals surface area (Å²) in [6.45, 7) is 7.12. The Labute approximate surface area is 91.3 Å². The Morgan fingerprint density at radius 3 is 1.50 bits per heavy atom. The standard InChI is InChI=1S/C10H10O6/c1-3-7-8(4-2)10(14-16-12)6-5-9(7)13-15-11/h3-6,11-12H,1-2H2. The molecule has 6 heteroatoms. The van der Waals surface area contributed by atoms with Crippen LogP contribution in [-0.4, -0.2) is 10.5 Å². The third-order valence-electron chi connectivity index (χ3n) is 1.87. The number of benzene rings is 1. The minimum absolute atomic E-state index is 0.206. The summed E-state index contributed by atoms with van der Waals surface area (Å²) < 4.78 is 0. The van der Waals surface area contributed by atoms with Crippen LogP contribution >= 0.6 is 0 Å². The first-order valence-corrected chi connectivity index (χ1v) is 4.16. The molecule has 6 nitrogen and oxygen atoms in total. The maximum absolute atomic E-state index is 8.20. The zero-order valence-corrected chi connectivity index (χ0v) is 8.25. The van der Waals surface area contributed by atoms with E-state index in [-0.39, 0.29) is 11.5 Å². The van der Waals surface area contributed by atoms with Gasteiger partial charge < -0.3 is 9.78 Å². The van der Waals surface area contributed by atoms with E-state index < -0.39 is 0 Å². The van der Waals surface area contributed by atoms with Crippen molar-refractivity contribution in [2.45, 2.75) is 0 Å². The first-order chi connectivity index (χ1) is 7.78. The molecule has 86 valence electrons. The maximum atomic E-state index is 8.20. The highest BCUT2D eigenvalue weighted by Crippen LogP contribution is 2.32. The van der Waals surface area contributed by atoms with E-state index in [0.717, 1.165) is 0 Å². The van der Waals surface area contributed by atoms with Crippen molar-refractivity contribution in [3.05, 3.63) is 36.4 Å². The molecule has 2 N–H and O–H groups in total. The van der Waals surface area contributed by atoms with Gasteiger partial charge in [0.2, 0.25) is 0 Å². The Morgan fingerprint density at radius 1 is 0.875 bits per heavy atom. The summed E-state index contributed by atoms with van der Waals surface area (Å²) in [5.74, 6) is 0.412. The third kappa shape index (κ3) is 2.38. The van der Waals surface area contributed by atoms with Crippen molar-refractivity contribution in [1.82, 2.24) is 0 Å². The van der Waals surface area contributed by atoms with Gasteiger partial charge in [0.15, 0.2) is 11.5 Å². The van der Waals surface area contributed by atoms with Crippen LogP contribution in [0.5, 0.6) is 11.5 Å². The molecule has 0 aliphatic heterocycles. The monoisotopic (exact) mass is 226 g/mol. The Balaban J connectivity index is 3.27. The van der Waals surface area contributed by atoms with Gasteiger partial charge in [-0.05, 0) is 22.2 Å². The largest absolute Gasteiger partial charge is 0.308 e. The fourth-order valence-corrected chi connectivity index (χ4v) is 1.24. The van der Waals surface area contributed by atoms with Gasteiger partial charge in [-0.25, -0.2) is 10.5 Å². The van der Waals surface area contributed by atoms with E-state index in [1.165, 1.54) is 24.3 Å². The normalized spacial score (nSPS) is 9.62. The van der Waals surface area contributed by atoms with Gasteiger partial charge >= 0.3 is 0 Å². The van der Waals surface area contributed by atoms with Crippen molar-refractivity contribution in [2.75, 3.05) is 0 Å². The highest BCUT2D eigenvalue weighted by molar-refractivity contribution is 5.73. The van der Waals surface area contributed by atoms with E-state index in [1.807, 2.05) is 0 Å². The zero-order valence-electron chi connectivity index (χ0n) is 8.25. The van der Waals surface area contributed by atoms with Crippen LogP contribution in [0, 0.1) is 0 Å². The molecule has 0 amide bonds. The third-order valence-corrected chi connectivity index (χ3v) is 1.87. The summed E-state index contributed by atoms with van der Waals surface area (Å²) in [7, 11) is 0. The Morgan fingerprint density at radius 2 is 1.25 bits per heavy atom. The summed E-state index contributed by atoms with van der Waals surface area (Å²) >= 11 is 0. The van der Waals surface area contributed by atoms with Crippen molar-refractivity contribution < 1.29 is 30.4 Å². The highest BCUT2D eigenvalue weighted by atomic mass is 17.5. The topological polar surface area (TPSA) is 77.4 Å². The molecule has 0 unspecified atom stereocenters. The molecule has 1 aromatic carbocycles. The molecule has 0 fully saturated rings. The van der Waals surface area contributed by atoms with Crippen LogP contribution in [0.25, 0.3) is 12.2 Å². The van der Waals surface area contributed by atoms with E-state index in [4.69, 9.17) is 10.5 Å². The Hall–Kier alpha value is -1.86. The van der Waals surface area contributed by atoms with E-state index in [1.54, 1.807) is 0 Å². The zero-order chi connectivity index (χ0) is 12.0. The van der Waals surface area contributed by atoms with Crippen LogP contribution < -0.4 is 9.78 Å². The second-order valence-corrected chi connectivity index (χ2v) is 2.61. The smallest absolute Gasteiger partial charge is 0.176 e. The van der Waals surface area contributed by atoms with Crippen LogP contribution in [-0.2, 0) is 10.1 Å². The van der Waals surface area contributed by atoms with Gasteiger partial charge in [0.25, 0.3) is 0 Å². The SMILES string of the molecule is C=Cc1c(OOO)ccc(OOO)c1C=C. The minimum atomic E-state index is 0.206. The summed E-state index contributed by atoms with van der Waals surface area (Å²) in [6, 6.07) is 2.85. The molecular formula is C10H10O6. The molecule has 0 aromatic heterocycles. The number of hydrogen-bond donors (Lipinski definition) is 2. The molecule has 0 heterocycles. The predicted molar refractivity (Wildman–Crippen MR) is 55.3 cm³/mol. The van der Waals surface area contributed by atoms with Gasteiger partial charge in [-0.2, -0.15) is 0 Å². The van der Waals surface area contributed by atoms with E-state index in [2.05, 4.69) is 33.0 Å². The molecule has 0 radical (unpaired) electrons. The molecule has 0 spiro atoms. The van der Waals surface area contributed by atoms with E-state index in [0.29, 0.717) is 11.1 Å². The summed E-state index contributed by atoms with van der Waals surface area (Å²) in [5.41, 5.74) is 0.914. The predicted octanol–water partition coefficient (Wildman–Crippen LogP) is 2.54. The van der Waals surface area contributed by atoms with Crippen molar-refractivity contribution in [3.63, 3.8) is 0 Å². The van der Waals surface area contributed by atoms with Gasteiger partial charge in [-0.15, -0.1) is 0 Å². The van der Waals surface area contributed by atoms with Crippen LogP contribution in [0.1, 0.15) is 11.1 Å². The lowest BCUT2D eigenvalue weighted by Gasteiger charge is -2.10. The maximum Gasteiger partial charge on any atom is 0.176 e. The van der Waals surface area contributed by atoms with Gasteiger partial charge in [0.1, 0.15) is 0 Å². The van der Waals surface area contributed by atoms with Crippen LogP contribution in [0.15, 0.2) is 25.3 Å². The summed E-state index contributed by atoms with van der Waals surface area (Å²) in [4.78, 5) is 8.96. The molecule has 0 aliphatic carbocycles. The molecule has 0 atom stereocenters. The lowest BCUT2D eigenvalue weighted by molar-refractivity contribution is -0.440. The molecule has 0 saturated heterocycles. The Kier molecular flexibility index (Phi) is 4.49. The van der Waals surface area contributed by atoms with Crippen LogP contribution in [0.2, 0.25) is 0 Å². The number of rotatable bonds is 6. The molecule has 1 aromatic rings. The van der Waals surface area contributed by atoms with Crippen molar-refractivity contribution >= 4 is 12.2 Å². The molecule has 0 bridgehead atoms.